The summed E-state index contributed by atoms with van der Waals surface area (Å²) in [6.45, 7) is 19.2. The fourth-order valence-corrected chi connectivity index (χ4v) is 11.2. The molecule has 0 aliphatic carbocycles. The molecule has 0 saturated carbocycles. The van der Waals surface area contributed by atoms with Crippen molar-refractivity contribution in [3.05, 3.63) is 160 Å². The van der Waals surface area contributed by atoms with E-state index < -0.39 is 58.6 Å². The molecule has 69 heavy (non-hydrogen) atoms. The molecule has 16 heteroatoms. The van der Waals surface area contributed by atoms with Crippen LogP contribution in [0.25, 0.3) is 0 Å². The SMILES string of the molecule is COc1ccc(C(OC[C@H]2O[C@@H](n3ccc(=NC(=O)c4ccccc4)n(C)c3=O)[C@H](O[Si](C)(C)C(C)(C)C)[C@@H]2OP(OCCC#N)N(C(C)C)C(C)C)(c2ccccc2)c2ccc(OC)cc2)cc1. The lowest BCUT2D eigenvalue weighted by Crippen LogP contribution is -2.51. The Morgan fingerprint density at radius 1 is 0.826 bits per heavy atom. The Kier molecular flexibility index (Phi) is 17.8. The van der Waals surface area contributed by atoms with Gasteiger partial charge in [-0.3, -0.25) is 13.9 Å². The summed E-state index contributed by atoms with van der Waals surface area (Å²) < 4.78 is 52.2. The van der Waals surface area contributed by atoms with Crippen LogP contribution in [0, 0.1) is 11.3 Å². The first kappa shape index (κ1) is 53.1. The van der Waals surface area contributed by atoms with Crippen LogP contribution in [0.5, 0.6) is 11.5 Å². The Morgan fingerprint density at radius 2 is 1.36 bits per heavy atom. The van der Waals surface area contributed by atoms with Crippen molar-refractivity contribution >= 4 is 22.8 Å². The standard InChI is InChI=1S/C53H68N5O9PSi/c1-37(2)58(38(3)4)68(64-35-19-33-54)66-47-45(36-63-53(40-22-17-14-18-23-40,41-24-28-43(61-9)29-25-41)42-26-30-44(62-10)31-27-42)65-50(48(47)67-69(11,12)52(5,6)7)57-34-32-46(56(8)51(57)60)55-49(59)39-20-15-13-16-21-39/h13-18,20-32,34,37-38,45,47-48,50H,19,35-36H2,1-12H3/t45-,47-,48-,50-,68?/m1/s1. The summed E-state index contributed by atoms with van der Waals surface area (Å²) in [5, 5.41) is 9.36. The maximum atomic E-state index is 14.8. The zero-order valence-corrected chi connectivity index (χ0v) is 43.9. The van der Waals surface area contributed by atoms with Gasteiger partial charge in [0.2, 0.25) is 0 Å². The summed E-state index contributed by atoms with van der Waals surface area (Å²) in [4.78, 5) is 32.4. The molecule has 1 fully saturated rings. The molecule has 0 bridgehead atoms. The number of ether oxygens (including phenoxy) is 4. The Bertz CT molecular complexity index is 2570. The highest BCUT2D eigenvalue weighted by molar-refractivity contribution is 7.44. The first-order valence-electron chi connectivity index (χ1n) is 23.4. The highest BCUT2D eigenvalue weighted by Crippen LogP contribution is 2.52. The molecule has 368 valence electrons. The number of amides is 1. The van der Waals surface area contributed by atoms with Gasteiger partial charge in [-0.15, -0.1) is 0 Å². The minimum atomic E-state index is -2.71. The van der Waals surface area contributed by atoms with E-state index in [1.54, 1.807) is 57.8 Å². The van der Waals surface area contributed by atoms with Gasteiger partial charge >= 0.3 is 5.69 Å². The van der Waals surface area contributed by atoms with E-state index in [0.29, 0.717) is 17.1 Å². The first-order chi connectivity index (χ1) is 32.9. The number of carbonyl (C=O) groups is 1. The molecule has 0 N–H and O–H groups in total. The molecule has 1 saturated heterocycles. The van der Waals surface area contributed by atoms with E-state index in [0.717, 1.165) is 16.7 Å². The van der Waals surface area contributed by atoms with Gasteiger partial charge in [0.25, 0.3) is 14.4 Å². The molecule has 1 aromatic heterocycles. The number of hydrogen-bond acceptors (Lipinski definition) is 11. The summed E-state index contributed by atoms with van der Waals surface area (Å²) in [6.07, 6.45) is -1.95. The van der Waals surface area contributed by atoms with Crippen molar-refractivity contribution in [2.45, 2.75) is 115 Å². The number of aromatic nitrogens is 2. The molecule has 14 nitrogen and oxygen atoms in total. The maximum Gasteiger partial charge on any atom is 0.331 e. The van der Waals surface area contributed by atoms with Gasteiger partial charge in [-0.05, 0) is 105 Å². The topological polar surface area (TPSA) is 148 Å². The molecule has 1 unspecified atom stereocenters. The van der Waals surface area contributed by atoms with E-state index in [9.17, 15) is 14.9 Å². The third-order valence-corrected chi connectivity index (χ3v) is 19.4. The third-order valence-electron chi connectivity index (χ3n) is 12.8. The van der Waals surface area contributed by atoms with Crippen molar-refractivity contribution in [2.75, 3.05) is 27.4 Å². The van der Waals surface area contributed by atoms with Crippen LogP contribution in [0.4, 0.5) is 0 Å². The van der Waals surface area contributed by atoms with Crippen LogP contribution in [0.15, 0.2) is 131 Å². The fourth-order valence-electron chi connectivity index (χ4n) is 8.16. The number of hydrogen-bond donors (Lipinski definition) is 0. The van der Waals surface area contributed by atoms with Crippen LogP contribution in [-0.2, 0) is 35.6 Å². The average Bonchev–Trinajstić information content (AvgIpc) is 3.65. The zero-order chi connectivity index (χ0) is 50.1. The van der Waals surface area contributed by atoms with Gasteiger partial charge < -0.3 is 32.4 Å². The smallest absolute Gasteiger partial charge is 0.331 e. The summed E-state index contributed by atoms with van der Waals surface area (Å²) >= 11 is 0. The van der Waals surface area contributed by atoms with Crippen molar-refractivity contribution in [3.63, 3.8) is 0 Å². The third kappa shape index (κ3) is 12.0. The largest absolute Gasteiger partial charge is 0.497 e. The molecule has 1 aliphatic heterocycles. The maximum absolute atomic E-state index is 14.8. The van der Waals surface area contributed by atoms with Gasteiger partial charge in [-0.2, -0.15) is 10.3 Å². The second kappa shape index (κ2) is 23.1. The van der Waals surface area contributed by atoms with E-state index in [-0.39, 0.29) is 42.2 Å². The van der Waals surface area contributed by atoms with Crippen molar-refractivity contribution in [2.24, 2.45) is 12.0 Å². The van der Waals surface area contributed by atoms with Gasteiger partial charge in [0.15, 0.2) is 14.5 Å². The Morgan fingerprint density at radius 3 is 1.87 bits per heavy atom. The van der Waals surface area contributed by atoms with Gasteiger partial charge in [-0.1, -0.05) is 93.6 Å². The number of nitriles is 1. The second-order valence-corrected chi connectivity index (χ2v) is 25.2. The highest BCUT2D eigenvalue weighted by atomic mass is 31.2. The number of carbonyl (C=O) groups excluding carboxylic acids is 1. The molecule has 0 radical (unpaired) electrons. The Labute approximate surface area is 409 Å². The molecule has 6 rings (SSSR count). The average molecular weight is 978 g/mol. The first-order valence-corrected chi connectivity index (χ1v) is 27.4. The minimum absolute atomic E-state index is 0.0155. The van der Waals surface area contributed by atoms with Crippen LogP contribution in [-0.4, -0.2) is 85.9 Å². The van der Waals surface area contributed by atoms with Crippen molar-refractivity contribution in [1.82, 2.24) is 13.8 Å². The number of benzene rings is 4. The van der Waals surface area contributed by atoms with E-state index in [1.807, 2.05) is 84.9 Å². The normalized spacial score (nSPS) is 18.4. The summed E-state index contributed by atoms with van der Waals surface area (Å²) in [7, 11) is 0.272. The summed E-state index contributed by atoms with van der Waals surface area (Å²) in [5.74, 6) is 0.886. The summed E-state index contributed by atoms with van der Waals surface area (Å²) in [6, 6.07) is 38.1. The van der Waals surface area contributed by atoms with Crippen molar-refractivity contribution < 1.29 is 37.2 Å². The predicted octanol–water partition coefficient (Wildman–Crippen LogP) is 9.90. The van der Waals surface area contributed by atoms with Crippen LogP contribution in [0.3, 0.4) is 0 Å². The van der Waals surface area contributed by atoms with Gasteiger partial charge in [0.05, 0.1) is 39.9 Å². The van der Waals surface area contributed by atoms with Gasteiger partial charge in [0.1, 0.15) is 40.9 Å². The van der Waals surface area contributed by atoms with Crippen LogP contribution >= 0.6 is 8.53 Å². The number of rotatable bonds is 20. The van der Waals surface area contributed by atoms with E-state index >= 15 is 0 Å². The number of nitrogens with zero attached hydrogens (tertiary/aromatic N) is 5. The fraction of sp³-hybridized carbons (Fsp3) is 0.434. The quantitative estimate of drug-likeness (QED) is 0.0318. The highest BCUT2D eigenvalue weighted by Gasteiger charge is 2.54. The Hall–Kier alpha value is -5.27. The van der Waals surface area contributed by atoms with E-state index in [1.165, 1.54) is 9.13 Å². The molecule has 5 atom stereocenters. The lowest BCUT2D eigenvalue weighted by atomic mass is 9.80. The molecule has 4 aromatic carbocycles. The molecule has 1 aliphatic rings. The molecular weight excluding hydrogens is 910 g/mol. The van der Waals surface area contributed by atoms with Gasteiger partial charge in [0, 0.05) is 30.9 Å². The van der Waals surface area contributed by atoms with Crippen molar-refractivity contribution in [3.8, 4) is 17.6 Å². The molecule has 0 spiro atoms. The molecule has 5 aromatic rings. The molecular formula is C53H68N5O9PSi. The van der Waals surface area contributed by atoms with Gasteiger partial charge in [-0.25, -0.2) is 9.46 Å². The predicted molar refractivity (Wildman–Crippen MR) is 270 cm³/mol. The van der Waals surface area contributed by atoms with Crippen LogP contribution in [0.2, 0.25) is 18.1 Å². The second-order valence-electron chi connectivity index (χ2n) is 19.0. The monoisotopic (exact) mass is 977 g/mol. The lowest BCUT2D eigenvalue weighted by Gasteiger charge is -2.42. The van der Waals surface area contributed by atoms with Crippen molar-refractivity contribution in [1.29, 1.82) is 5.26 Å². The van der Waals surface area contributed by atoms with E-state index in [2.05, 4.69) is 77.3 Å². The zero-order valence-electron chi connectivity index (χ0n) is 42.0. The lowest BCUT2D eigenvalue weighted by molar-refractivity contribution is -0.0945. The molecule has 2 heterocycles. The van der Waals surface area contributed by atoms with Crippen LogP contribution < -0.4 is 20.7 Å². The summed E-state index contributed by atoms with van der Waals surface area (Å²) in [5.41, 5.74) is 1.34. The van der Waals surface area contributed by atoms with E-state index in [4.69, 9.17) is 32.4 Å². The van der Waals surface area contributed by atoms with Crippen LogP contribution in [0.1, 0.15) is 88.2 Å². The Balaban J connectivity index is 1.57. The molecule has 1 amide bonds. The number of methoxy groups -OCH3 is 2. The minimum Gasteiger partial charge on any atom is -0.497 e.